The molecule has 0 unspecified atom stereocenters. The topological polar surface area (TPSA) is 59.2 Å². The molecule has 0 bridgehead atoms. The van der Waals surface area contributed by atoms with Crippen LogP contribution in [-0.2, 0) is 4.79 Å². The molecule has 0 aromatic rings. The van der Waals surface area contributed by atoms with Gasteiger partial charge in [0.15, 0.2) is 5.78 Å². The Labute approximate surface area is 104 Å². The summed E-state index contributed by atoms with van der Waals surface area (Å²) in [5, 5.41) is 12.0. The number of hydrogen-bond acceptors (Lipinski definition) is 3. The van der Waals surface area contributed by atoms with Crippen LogP contribution in [0.5, 0.6) is 0 Å². The molecule has 3 nitrogen and oxygen atoms in total. The van der Waals surface area contributed by atoms with Gasteiger partial charge in [0.2, 0.25) is 0 Å². The Kier molecular flexibility index (Phi) is 5.86. The van der Waals surface area contributed by atoms with Gasteiger partial charge in [-0.1, -0.05) is 26.8 Å². The van der Waals surface area contributed by atoms with Gasteiger partial charge < -0.3 is 10.4 Å². The molecular formula is C14H25NO2. The Bertz CT molecular complexity index is 282. The van der Waals surface area contributed by atoms with Gasteiger partial charge in [0.25, 0.3) is 0 Å². The van der Waals surface area contributed by atoms with Crippen molar-refractivity contribution < 1.29 is 9.90 Å². The van der Waals surface area contributed by atoms with Crippen molar-refractivity contribution >= 4 is 5.78 Å². The fourth-order valence-corrected chi connectivity index (χ4v) is 1.99. The van der Waals surface area contributed by atoms with E-state index in [1.807, 2.05) is 20.8 Å². The maximum Gasteiger partial charge on any atom is 0.158 e. The number of carbonyl (C=O) groups excluding carboxylic acids is 1. The first kappa shape index (κ1) is 14.4. The minimum absolute atomic E-state index is 0.0648. The SMILES string of the molecule is CCC(=O)C1=CC[C@@H]2N[C@@H]2C1.CCC(O)CC. The Balaban J connectivity index is 0.000000209. The van der Waals surface area contributed by atoms with Crippen molar-refractivity contribution in [3.63, 3.8) is 0 Å². The average Bonchev–Trinajstić information content (AvgIpc) is 3.15. The van der Waals surface area contributed by atoms with E-state index in [0.29, 0.717) is 24.3 Å². The van der Waals surface area contributed by atoms with Crippen LogP contribution in [0.1, 0.15) is 52.9 Å². The van der Waals surface area contributed by atoms with Crippen LogP contribution < -0.4 is 5.32 Å². The summed E-state index contributed by atoms with van der Waals surface area (Å²) in [6.07, 6.45) is 6.50. The molecule has 0 aromatic heterocycles. The second-order valence-corrected chi connectivity index (χ2v) is 4.80. The van der Waals surface area contributed by atoms with Gasteiger partial charge in [-0.25, -0.2) is 0 Å². The van der Waals surface area contributed by atoms with Gasteiger partial charge >= 0.3 is 0 Å². The molecule has 1 saturated heterocycles. The summed E-state index contributed by atoms with van der Waals surface area (Å²) in [5.41, 5.74) is 1.05. The molecule has 2 aliphatic rings. The smallest absolute Gasteiger partial charge is 0.158 e. The van der Waals surface area contributed by atoms with Crippen LogP contribution in [-0.4, -0.2) is 29.1 Å². The second kappa shape index (κ2) is 6.92. The van der Waals surface area contributed by atoms with E-state index in [-0.39, 0.29) is 6.10 Å². The van der Waals surface area contributed by atoms with E-state index in [0.717, 1.165) is 31.3 Å². The standard InChI is InChI=1S/C9H13NO.C5H12O/c1-2-9(11)6-3-4-7-8(5-6)10-7;1-3-5(6)4-2/h3,7-8,10H,2,4-5H2,1H3;5-6H,3-4H2,1-2H3/t7-,8+;/m0./s1. The minimum atomic E-state index is -0.0648. The zero-order valence-corrected chi connectivity index (χ0v) is 11.2. The lowest BCUT2D eigenvalue weighted by Crippen LogP contribution is -2.09. The van der Waals surface area contributed by atoms with E-state index in [9.17, 15) is 4.79 Å². The van der Waals surface area contributed by atoms with Crippen molar-refractivity contribution in [2.75, 3.05) is 0 Å². The maximum absolute atomic E-state index is 11.2. The summed E-state index contributed by atoms with van der Waals surface area (Å²) in [7, 11) is 0. The number of hydrogen-bond donors (Lipinski definition) is 2. The molecule has 1 heterocycles. The van der Waals surface area contributed by atoms with Gasteiger partial charge in [-0.2, -0.15) is 0 Å². The summed E-state index contributed by atoms with van der Waals surface area (Å²) < 4.78 is 0. The van der Waals surface area contributed by atoms with Gasteiger partial charge in [0.05, 0.1) is 6.10 Å². The number of nitrogens with one attached hydrogen (secondary N) is 1. The van der Waals surface area contributed by atoms with Gasteiger partial charge in [0, 0.05) is 18.5 Å². The number of fused-ring (bicyclic) bond motifs is 1. The molecular weight excluding hydrogens is 214 g/mol. The summed E-state index contributed by atoms with van der Waals surface area (Å²) in [4.78, 5) is 11.2. The van der Waals surface area contributed by atoms with Gasteiger partial charge in [-0.3, -0.25) is 4.79 Å². The highest BCUT2D eigenvalue weighted by Crippen LogP contribution is 2.29. The predicted octanol–water partition coefficient (Wildman–Crippen LogP) is 2.19. The third-order valence-corrected chi connectivity index (χ3v) is 3.48. The van der Waals surface area contributed by atoms with Gasteiger partial charge in [-0.05, 0) is 31.3 Å². The first-order chi connectivity index (χ1) is 8.12. The maximum atomic E-state index is 11.2. The molecule has 98 valence electrons. The zero-order valence-electron chi connectivity index (χ0n) is 11.2. The van der Waals surface area contributed by atoms with E-state index < -0.39 is 0 Å². The fourth-order valence-electron chi connectivity index (χ4n) is 1.99. The molecule has 0 radical (unpaired) electrons. The fraction of sp³-hybridized carbons (Fsp3) is 0.786. The lowest BCUT2D eigenvalue weighted by Gasteiger charge is -2.07. The van der Waals surface area contributed by atoms with Crippen molar-refractivity contribution in [3.8, 4) is 0 Å². The largest absolute Gasteiger partial charge is 0.393 e. The first-order valence-corrected chi connectivity index (χ1v) is 6.78. The van der Waals surface area contributed by atoms with Crippen molar-refractivity contribution in [3.05, 3.63) is 11.6 Å². The first-order valence-electron chi connectivity index (χ1n) is 6.78. The van der Waals surface area contributed by atoms with Crippen LogP contribution in [0.2, 0.25) is 0 Å². The predicted molar refractivity (Wildman–Crippen MR) is 69.9 cm³/mol. The van der Waals surface area contributed by atoms with Crippen LogP contribution in [0.3, 0.4) is 0 Å². The van der Waals surface area contributed by atoms with Crippen LogP contribution in [0.25, 0.3) is 0 Å². The van der Waals surface area contributed by atoms with Gasteiger partial charge in [0.1, 0.15) is 0 Å². The van der Waals surface area contributed by atoms with E-state index in [4.69, 9.17) is 5.11 Å². The number of rotatable bonds is 4. The van der Waals surface area contributed by atoms with Crippen LogP contribution >= 0.6 is 0 Å². The Hall–Kier alpha value is -0.670. The molecule has 3 heteroatoms. The monoisotopic (exact) mass is 239 g/mol. The average molecular weight is 239 g/mol. The number of Topliss-reactive ketones (excluding diaryl/α,β-unsaturated/α-hetero) is 1. The molecule has 0 aromatic carbocycles. The Morgan fingerprint density at radius 3 is 2.47 bits per heavy atom. The van der Waals surface area contributed by atoms with Crippen LogP contribution in [0.4, 0.5) is 0 Å². The van der Waals surface area contributed by atoms with Crippen molar-refractivity contribution in [1.29, 1.82) is 0 Å². The highest BCUT2D eigenvalue weighted by atomic mass is 16.3. The van der Waals surface area contributed by atoms with E-state index in [1.165, 1.54) is 0 Å². The zero-order chi connectivity index (χ0) is 12.8. The highest BCUT2D eigenvalue weighted by Gasteiger charge is 2.38. The molecule has 2 N–H and O–H groups in total. The normalized spacial score (nSPS) is 25.6. The molecule has 2 rings (SSSR count). The Morgan fingerprint density at radius 2 is 2.06 bits per heavy atom. The van der Waals surface area contributed by atoms with Crippen LogP contribution in [0.15, 0.2) is 11.6 Å². The second-order valence-electron chi connectivity index (χ2n) is 4.80. The number of aliphatic hydroxyl groups is 1. The quantitative estimate of drug-likeness (QED) is 0.739. The molecule has 1 fully saturated rings. The number of carbonyl (C=O) groups is 1. The van der Waals surface area contributed by atoms with Crippen molar-refractivity contribution in [2.24, 2.45) is 0 Å². The summed E-state index contributed by atoms with van der Waals surface area (Å²) >= 11 is 0. The third kappa shape index (κ3) is 4.60. The minimum Gasteiger partial charge on any atom is -0.393 e. The lowest BCUT2D eigenvalue weighted by atomic mass is 9.95. The molecule has 1 aliphatic carbocycles. The molecule has 2 atom stereocenters. The summed E-state index contributed by atoms with van der Waals surface area (Å²) in [5.74, 6) is 0.331. The van der Waals surface area contributed by atoms with Gasteiger partial charge in [-0.15, -0.1) is 0 Å². The van der Waals surface area contributed by atoms with E-state index in [1.54, 1.807) is 0 Å². The van der Waals surface area contributed by atoms with Crippen LogP contribution in [0, 0.1) is 0 Å². The van der Waals surface area contributed by atoms with Crippen molar-refractivity contribution in [1.82, 2.24) is 5.32 Å². The summed E-state index contributed by atoms with van der Waals surface area (Å²) in [6.45, 7) is 5.89. The molecule has 1 aliphatic heterocycles. The van der Waals surface area contributed by atoms with E-state index >= 15 is 0 Å². The number of ketones is 1. The molecule has 0 spiro atoms. The highest BCUT2D eigenvalue weighted by molar-refractivity contribution is 5.95. The molecule has 0 amide bonds. The molecule has 0 saturated carbocycles. The van der Waals surface area contributed by atoms with E-state index in [2.05, 4.69) is 11.4 Å². The van der Waals surface area contributed by atoms with Crippen molar-refractivity contribution in [2.45, 2.75) is 71.1 Å². The number of aliphatic hydroxyl groups excluding tert-OH is 1. The molecule has 17 heavy (non-hydrogen) atoms. The third-order valence-electron chi connectivity index (χ3n) is 3.48. The summed E-state index contributed by atoms with van der Waals surface area (Å²) in [6, 6.07) is 1.33. The lowest BCUT2D eigenvalue weighted by molar-refractivity contribution is -0.115. The Morgan fingerprint density at radius 1 is 1.41 bits per heavy atom.